The molecule has 4 nitrogen and oxygen atoms in total. The Bertz CT molecular complexity index is 671. The van der Waals surface area contributed by atoms with Crippen molar-refractivity contribution >= 4 is 10.0 Å². The lowest BCUT2D eigenvalue weighted by Crippen LogP contribution is -2.42. The van der Waals surface area contributed by atoms with Crippen molar-refractivity contribution in [1.29, 1.82) is 0 Å². The molecule has 0 radical (unpaired) electrons. The smallest absolute Gasteiger partial charge is 0.243 e. The van der Waals surface area contributed by atoms with Gasteiger partial charge in [0.05, 0.1) is 11.5 Å². The minimum Gasteiger partial charge on any atom is -0.491 e. The molecule has 0 aliphatic carbocycles. The zero-order valence-corrected chi connectivity index (χ0v) is 12.6. The SMILES string of the molecule is CCOc1ccc(S(=O)(=O)N2C3C=CCC2CC3)cc1F. The van der Waals surface area contributed by atoms with Crippen LogP contribution in [0.15, 0.2) is 35.2 Å². The predicted molar refractivity (Wildman–Crippen MR) is 77.2 cm³/mol. The normalized spacial score (nSPS) is 25.2. The summed E-state index contributed by atoms with van der Waals surface area (Å²) in [5.74, 6) is -0.559. The zero-order valence-electron chi connectivity index (χ0n) is 11.8. The second-order valence-electron chi connectivity index (χ2n) is 5.32. The second kappa shape index (κ2) is 5.42. The van der Waals surface area contributed by atoms with E-state index in [9.17, 15) is 12.8 Å². The third-order valence-corrected chi connectivity index (χ3v) is 6.00. The summed E-state index contributed by atoms with van der Waals surface area (Å²) in [6.45, 7) is 2.09. The highest BCUT2D eigenvalue weighted by atomic mass is 32.2. The highest BCUT2D eigenvalue weighted by Gasteiger charge is 2.42. The van der Waals surface area contributed by atoms with Crippen molar-refractivity contribution in [2.75, 3.05) is 6.61 Å². The van der Waals surface area contributed by atoms with Crippen LogP contribution >= 0.6 is 0 Å². The van der Waals surface area contributed by atoms with Gasteiger partial charge in [-0.1, -0.05) is 12.2 Å². The number of halogens is 1. The number of rotatable bonds is 4. The van der Waals surface area contributed by atoms with Crippen LogP contribution in [0.3, 0.4) is 0 Å². The fourth-order valence-electron chi connectivity index (χ4n) is 3.09. The van der Waals surface area contributed by atoms with Gasteiger partial charge < -0.3 is 4.74 Å². The van der Waals surface area contributed by atoms with Crippen LogP contribution in [-0.2, 0) is 10.0 Å². The Hall–Kier alpha value is -1.40. The molecule has 114 valence electrons. The molecule has 21 heavy (non-hydrogen) atoms. The van der Waals surface area contributed by atoms with E-state index in [1.165, 1.54) is 16.4 Å². The minimum absolute atomic E-state index is 0.000343. The van der Waals surface area contributed by atoms with E-state index < -0.39 is 15.8 Å². The molecule has 1 aromatic rings. The molecule has 3 rings (SSSR count). The first kappa shape index (κ1) is 14.5. The molecule has 0 amide bonds. The van der Waals surface area contributed by atoms with Gasteiger partial charge in [-0.2, -0.15) is 4.31 Å². The fraction of sp³-hybridized carbons (Fsp3) is 0.467. The van der Waals surface area contributed by atoms with Crippen molar-refractivity contribution in [1.82, 2.24) is 4.31 Å². The van der Waals surface area contributed by atoms with Gasteiger partial charge in [-0.15, -0.1) is 0 Å². The average molecular weight is 311 g/mol. The van der Waals surface area contributed by atoms with E-state index in [2.05, 4.69) is 0 Å². The van der Waals surface area contributed by atoms with Gasteiger partial charge >= 0.3 is 0 Å². The van der Waals surface area contributed by atoms with E-state index in [1.54, 1.807) is 6.92 Å². The third kappa shape index (κ3) is 2.46. The summed E-state index contributed by atoms with van der Waals surface area (Å²) in [5, 5.41) is 0. The Labute approximate surface area is 124 Å². The molecule has 0 N–H and O–H groups in total. The molecule has 2 aliphatic rings. The molecule has 1 aromatic carbocycles. The maximum absolute atomic E-state index is 13.9. The third-order valence-electron chi connectivity index (χ3n) is 4.03. The largest absolute Gasteiger partial charge is 0.491 e. The summed E-state index contributed by atoms with van der Waals surface area (Å²) < 4.78 is 46.1. The molecule has 1 saturated heterocycles. The van der Waals surface area contributed by atoms with Gasteiger partial charge in [0.25, 0.3) is 0 Å². The number of sulfonamides is 1. The van der Waals surface area contributed by atoms with Gasteiger partial charge in [-0.25, -0.2) is 12.8 Å². The first-order chi connectivity index (χ1) is 10.0. The predicted octanol–water partition coefficient (Wildman–Crippen LogP) is 2.71. The lowest BCUT2D eigenvalue weighted by Gasteiger charge is -2.30. The quantitative estimate of drug-likeness (QED) is 0.803. The number of benzene rings is 1. The summed E-state index contributed by atoms with van der Waals surface area (Å²) in [6, 6.07) is 3.76. The van der Waals surface area contributed by atoms with Crippen molar-refractivity contribution in [3.63, 3.8) is 0 Å². The molecule has 0 saturated carbocycles. The summed E-state index contributed by atoms with van der Waals surface area (Å²) in [4.78, 5) is -0.00402. The number of fused-ring (bicyclic) bond motifs is 2. The molecule has 2 aliphatic heterocycles. The van der Waals surface area contributed by atoms with Crippen LogP contribution in [0.1, 0.15) is 26.2 Å². The van der Waals surface area contributed by atoms with Gasteiger partial charge in [0.1, 0.15) is 0 Å². The molecule has 1 fully saturated rings. The molecular weight excluding hydrogens is 293 g/mol. The van der Waals surface area contributed by atoms with E-state index in [0.717, 1.165) is 25.3 Å². The van der Waals surface area contributed by atoms with Crippen molar-refractivity contribution < 1.29 is 17.5 Å². The van der Waals surface area contributed by atoms with Crippen LogP contribution in [0.5, 0.6) is 5.75 Å². The Balaban J connectivity index is 1.96. The summed E-state index contributed by atoms with van der Waals surface area (Å²) >= 11 is 0. The molecular formula is C15H18FNO3S. The van der Waals surface area contributed by atoms with E-state index in [1.807, 2.05) is 12.2 Å². The van der Waals surface area contributed by atoms with Crippen LogP contribution in [0, 0.1) is 5.82 Å². The van der Waals surface area contributed by atoms with Crippen LogP contribution in [0.25, 0.3) is 0 Å². The first-order valence-electron chi connectivity index (χ1n) is 7.16. The Morgan fingerprint density at radius 1 is 1.38 bits per heavy atom. The molecule has 0 spiro atoms. The van der Waals surface area contributed by atoms with Crippen LogP contribution in [-0.4, -0.2) is 31.4 Å². The van der Waals surface area contributed by atoms with E-state index in [4.69, 9.17) is 4.74 Å². The molecule has 2 unspecified atom stereocenters. The average Bonchev–Trinajstić information content (AvgIpc) is 2.72. The molecule has 0 aromatic heterocycles. The highest BCUT2D eigenvalue weighted by Crippen LogP contribution is 2.37. The van der Waals surface area contributed by atoms with Crippen molar-refractivity contribution in [2.24, 2.45) is 0 Å². The monoisotopic (exact) mass is 311 g/mol. The van der Waals surface area contributed by atoms with Crippen LogP contribution in [0.4, 0.5) is 4.39 Å². The van der Waals surface area contributed by atoms with E-state index >= 15 is 0 Å². The van der Waals surface area contributed by atoms with Gasteiger partial charge in [-0.3, -0.25) is 0 Å². The molecule has 2 bridgehead atoms. The standard InChI is InChI=1S/C15H18FNO3S/c1-2-20-15-9-8-13(10-14(15)16)21(18,19)17-11-4-3-5-12(17)7-6-11/h3-4,8-12H,2,5-7H2,1H3. The highest BCUT2D eigenvalue weighted by molar-refractivity contribution is 7.89. The maximum Gasteiger partial charge on any atom is 0.243 e. The van der Waals surface area contributed by atoms with Crippen molar-refractivity contribution in [3.05, 3.63) is 36.2 Å². The van der Waals surface area contributed by atoms with Crippen molar-refractivity contribution in [3.8, 4) is 5.75 Å². The summed E-state index contributed by atoms with van der Waals surface area (Å²) in [7, 11) is -3.67. The topological polar surface area (TPSA) is 46.6 Å². The van der Waals surface area contributed by atoms with Crippen molar-refractivity contribution in [2.45, 2.75) is 43.2 Å². The second-order valence-corrected chi connectivity index (χ2v) is 7.17. The molecule has 6 heteroatoms. The van der Waals surface area contributed by atoms with Crippen LogP contribution in [0.2, 0.25) is 0 Å². The lowest BCUT2D eigenvalue weighted by atomic mass is 10.2. The van der Waals surface area contributed by atoms with Gasteiger partial charge in [0.15, 0.2) is 11.6 Å². The molecule has 2 atom stereocenters. The zero-order chi connectivity index (χ0) is 15.0. The fourth-order valence-corrected chi connectivity index (χ4v) is 4.95. The van der Waals surface area contributed by atoms with Gasteiger partial charge in [0, 0.05) is 12.1 Å². The number of nitrogens with zero attached hydrogens (tertiary/aromatic N) is 1. The molecule has 2 heterocycles. The van der Waals surface area contributed by atoms with E-state index in [0.29, 0.717) is 6.61 Å². The van der Waals surface area contributed by atoms with Crippen LogP contribution < -0.4 is 4.74 Å². The summed E-state index contributed by atoms with van der Waals surface area (Å²) in [6.07, 6.45) is 6.39. The Morgan fingerprint density at radius 3 is 2.86 bits per heavy atom. The Morgan fingerprint density at radius 2 is 2.19 bits per heavy atom. The van der Waals surface area contributed by atoms with Gasteiger partial charge in [0.2, 0.25) is 10.0 Å². The first-order valence-corrected chi connectivity index (χ1v) is 8.60. The summed E-state index contributed by atoms with van der Waals surface area (Å²) in [5.41, 5.74) is 0. The number of ether oxygens (including phenoxy) is 1. The minimum atomic E-state index is -3.67. The maximum atomic E-state index is 13.9. The number of hydrogen-bond acceptors (Lipinski definition) is 3. The number of hydrogen-bond donors (Lipinski definition) is 0. The van der Waals surface area contributed by atoms with E-state index in [-0.39, 0.29) is 22.7 Å². The Kier molecular flexibility index (Phi) is 3.75. The van der Waals surface area contributed by atoms with Gasteiger partial charge in [-0.05, 0) is 44.4 Å². The lowest BCUT2D eigenvalue weighted by molar-refractivity contribution is 0.320.